The van der Waals surface area contributed by atoms with E-state index in [1.807, 2.05) is 18.2 Å². The summed E-state index contributed by atoms with van der Waals surface area (Å²) in [5, 5.41) is 11.3. The number of hydrogen-bond acceptors (Lipinski definition) is 4. The summed E-state index contributed by atoms with van der Waals surface area (Å²) >= 11 is 13.6. The van der Waals surface area contributed by atoms with E-state index in [0.29, 0.717) is 21.3 Å². The Labute approximate surface area is 136 Å². The molecule has 0 saturated heterocycles. The summed E-state index contributed by atoms with van der Waals surface area (Å²) in [5.41, 5.74) is 7.03. The smallest absolute Gasteiger partial charge is 0.220 e. The van der Waals surface area contributed by atoms with Crippen LogP contribution in [0.4, 0.5) is 5.69 Å². The predicted octanol–water partition coefficient (Wildman–Crippen LogP) is 4.69. The third kappa shape index (κ3) is 4.03. The van der Waals surface area contributed by atoms with Crippen LogP contribution >= 0.6 is 35.0 Å². The summed E-state index contributed by atoms with van der Waals surface area (Å²) in [6, 6.07) is 12.3. The highest BCUT2D eigenvalue weighted by atomic mass is 35.5. The molecule has 0 aliphatic rings. The third-order valence-electron chi connectivity index (χ3n) is 2.82. The molecule has 0 radical (unpaired) electrons. The monoisotopic (exact) mass is 342 g/mol. The van der Waals surface area contributed by atoms with Crippen LogP contribution in [0.3, 0.4) is 0 Å². The van der Waals surface area contributed by atoms with Crippen LogP contribution < -0.4 is 5.73 Å². The maximum absolute atomic E-state index is 11.0. The zero-order chi connectivity index (χ0) is 15.4. The van der Waals surface area contributed by atoms with Crippen molar-refractivity contribution < 1.29 is 4.92 Å². The molecule has 21 heavy (non-hydrogen) atoms. The molecule has 0 amide bonds. The Morgan fingerprint density at radius 1 is 1.14 bits per heavy atom. The van der Waals surface area contributed by atoms with Gasteiger partial charge in [-0.2, -0.15) is 0 Å². The first-order chi connectivity index (χ1) is 9.99. The minimum absolute atomic E-state index is 0.289. The summed E-state index contributed by atoms with van der Waals surface area (Å²) in [5.74, 6) is 0. The molecule has 2 N–H and O–H groups in total. The van der Waals surface area contributed by atoms with Gasteiger partial charge in [0.15, 0.2) is 0 Å². The van der Waals surface area contributed by atoms with Gasteiger partial charge in [0.25, 0.3) is 0 Å². The van der Waals surface area contributed by atoms with E-state index in [1.165, 1.54) is 11.8 Å². The molecular weight excluding hydrogens is 331 g/mol. The van der Waals surface area contributed by atoms with Gasteiger partial charge in [0, 0.05) is 31.1 Å². The molecule has 0 saturated carbocycles. The largest absolute Gasteiger partial charge is 0.398 e. The third-order valence-corrected chi connectivity index (χ3v) is 4.78. The number of nitrogens with two attached hydrogens (primary N) is 1. The van der Waals surface area contributed by atoms with Crippen molar-refractivity contribution >= 4 is 40.7 Å². The minimum atomic E-state index is -0.508. The van der Waals surface area contributed by atoms with Crippen LogP contribution in [0, 0.1) is 10.1 Å². The Hall–Kier alpha value is -1.43. The molecule has 1 unspecified atom stereocenters. The molecule has 0 aromatic heterocycles. The van der Waals surface area contributed by atoms with E-state index in [-0.39, 0.29) is 11.5 Å². The van der Waals surface area contributed by atoms with Gasteiger partial charge in [0.2, 0.25) is 6.54 Å². The van der Waals surface area contributed by atoms with E-state index in [0.717, 1.165) is 4.90 Å². The van der Waals surface area contributed by atoms with Gasteiger partial charge < -0.3 is 5.73 Å². The van der Waals surface area contributed by atoms with Crippen LogP contribution in [0.25, 0.3) is 0 Å². The van der Waals surface area contributed by atoms with Crippen molar-refractivity contribution in [1.82, 2.24) is 0 Å². The first-order valence-electron chi connectivity index (χ1n) is 6.06. The molecule has 0 fully saturated rings. The topological polar surface area (TPSA) is 69.2 Å². The maximum atomic E-state index is 11.0. The van der Waals surface area contributed by atoms with E-state index >= 15 is 0 Å². The lowest BCUT2D eigenvalue weighted by Gasteiger charge is -2.17. The first kappa shape index (κ1) is 15.9. The lowest BCUT2D eigenvalue weighted by molar-refractivity contribution is -0.479. The summed E-state index contributed by atoms with van der Waals surface area (Å²) in [7, 11) is 0. The van der Waals surface area contributed by atoms with Gasteiger partial charge in [-0.15, -0.1) is 11.8 Å². The van der Waals surface area contributed by atoms with Crippen molar-refractivity contribution in [2.45, 2.75) is 10.1 Å². The number of nitrogens with zero attached hydrogens (tertiary/aromatic N) is 1. The van der Waals surface area contributed by atoms with E-state index < -0.39 is 5.25 Å². The number of anilines is 1. The highest BCUT2D eigenvalue weighted by Crippen LogP contribution is 2.43. The molecule has 2 aromatic rings. The lowest BCUT2D eigenvalue weighted by Crippen LogP contribution is -2.11. The number of hydrogen-bond donors (Lipinski definition) is 1. The fourth-order valence-corrected chi connectivity index (χ4v) is 3.91. The van der Waals surface area contributed by atoms with Gasteiger partial charge in [0.05, 0.1) is 0 Å². The Kier molecular flexibility index (Phi) is 5.33. The van der Waals surface area contributed by atoms with Crippen molar-refractivity contribution in [3.63, 3.8) is 0 Å². The van der Waals surface area contributed by atoms with Crippen LogP contribution in [0.5, 0.6) is 0 Å². The predicted molar refractivity (Wildman–Crippen MR) is 87.8 cm³/mol. The summed E-state index contributed by atoms with van der Waals surface area (Å²) in [6.07, 6.45) is 0. The molecule has 0 heterocycles. The molecule has 0 bridgehead atoms. The van der Waals surface area contributed by atoms with Crippen LogP contribution in [-0.2, 0) is 0 Å². The molecule has 4 nitrogen and oxygen atoms in total. The van der Waals surface area contributed by atoms with Gasteiger partial charge in [-0.3, -0.25) is 10.1 Å². The van der Waals surface area contributed by atoms with Crippen LogP contribution in [0.15, 0.2) is 47.4 Å². The fraction of sp³-hybridized carbons (Fsp3) is 0.143. The first-order valence-corrected chi connectivity index (χ1v) is 7.69. The highest BCUT2D eigenvalue weighted by Gasteiger charge is 2.25. The quantitative estimate of drug-likeness (QED) is 0.370. The van der Waals surface area contributed by atoms with E-state index in [9.17, 15) is 10.1 Å². The molecule has 110 valence electrons. The van der Waals surface area contributed by atoms with E-state index in [1.54, 1.807) is 24.3 Å². The molecular formula is C14H12Cl2N2O2S. The molecule has 0 aliphatic heterocycles. The van der Waals surface area contributed by atoms with E-state index in [4.69, 9.17) is 28.9 Å². The van der Waals surface area contributed by atoms with E-state index in [2.05, 4.69) is 0 Å². The average molecular weight is 343 g/mol. The number of nitro groups is 1. The number of thioether (sulfide) groups is 1. The Bertz CT molecular complexity index is 647. The molecule has 0 aliphatic carbocycles. The Morgan fingerprint density at radius 3 is 2.33 bits per heavy atom. The second kappa shape index (κ2) is 7.02. The summed E-state index contributed by atoms with van der Waals surface area (Å²) in [4.78, 5) is 11.3. The Morgan fingerprint density at radius 2 is 1.76 bits per heavy atom. The zero-order valence-electron chi connectivity index (χ0n) is 10.8. The standard InChI is InChI=1S/C14H12Cl2N2O2S/c15-9-4-3-5-10(16)14(9)13(8-18(19)20)21-12-7-2-1-6-11(12)17/h1-7,13H,8,17H2. The van der Waals surface area contributed by atoms with Crippen molar-refractivity contribution in [1.29, 1.82) is 0 Å². The van der Waals surface area contributed by atoms with Crippen LogP contribution in [0.1, 0.15) is 10.8 Å². The number of benzene rings is 2. The number of nitrogen functional groups attached to an aromatic ring is 1. The molecule has 0 spiro atoms. The number of halogens is 2. The van der Waals surface area contributed by atoms with Crippen molar-refractivity contribution in [3.8, 4) is 0 Å². The van der Waals surface area contributed by atoms with Gasteiger partial charge >= 0.3 is 0 Å². The highest BCUT2D eigenvalue weighted by molar-refractivity contribution is 7.99. The Balaban J connectivity index is 2.40. The minimum Gasteiger partial charge on any atom is -0.398 e. The normalized spacial score (nSPS) is 12.1. The second-order valence-electron chi connectivity index (χ2n) is 4.29. The summed E-state index contributed by atoms with van der Waals surface area (Å²) < 4.78 is 0. The molecule has 2 aromatic carbocycles. The van der Waals surface area contributed by atoms with Gasteiger partial charge in [-0.25, -0.2) is 0 Å². The molecule has 7 heteroatoms. The molecule has 1 atom stereocenters. The SMILES string of the molecule is Nc1ccccc1SC(C[N+](=O)[O-])c1c(Cl)cccc1Cl. The fourth-order valence-electron chi connectivity index (χ4n) is 1.88. The van der Waals surface area contributed by atoms with Crippen LogP contribution in [-0.4, -0.2) is 11.5 Å². The second-order valence-corrected chi connectivity index (χ2v) is 6.35. The van der Waals surface area contributed by atoms with Crippen molar-refractivity contribution in [2.75, 3.05) is 12.3 Å². The zero-order valence-corrected chi connectivity index (χ0v) is 13.2. The van der Waals surface area contributed by atoms with Gasteiger partial charge in [-0.1, -0.05) is 41.4 Å². The molecule has 2 rings (SSSR count). The van der Waals surface area contributed by atoms with Crippen molar-refractivity contribution in [3.05, 3.63) is 68.2 Å². The number of para-hydroxylation sites is 1. The van der Waals surface area contributed by atoms with Crippen LogP contribution in [0.2, 0.25) is 10.0 Å². The van der Waals surface area contributed by atoms with Gasteiger partial charge in [0.1, 0.15) is 5.25 Å². The van der Waals surface area contributed by atoms with Crippen molar-refractivity contribution in [2.24, 2.45) is 0 Å². The average Bonchev–Trinajstić information content (AvgIpc) is 2.40. The number of rotatable bonds is 5. The lowest BCUT2D eigenvalue weighted by atomic mass is 10.1. The summed E-state index contributed by atoms with van der Waals surface area (Å²) in [6.45, 7) is -0.289. The van der Waals surface area contributed by atoms with Gasteiger partial charge in [-0.05, 0) is 24.3 Å². The maximum Gasteiger partial charge on any atom is 0.220 e.